The summed E-state index contributed by atoms with van der Waals surface area (Å²) in [7, 11) is 3.23. The van der Waals surface area contributed by atoms with Crippen molar-refractivity contribution in [1.29, 1.82) is 0 Å². The molecule has 0 saturated heterocycles. The number of methoxy groups -OCH3 is 2. The minimum Gasteiger partial charge on any atom is -0.493 e. The average molecular weight is 301 g/mol. The lowest BCUT2D eigenvalue weighted by Gasteiger charge is -2.36. The van der Waals surface area contributed by atoms with Gasteiger partial charge in [-0.15, -0.1) is 0 Å². The van der Waals surface area contributed by atoms with Crippen molar-refractivity contribution in [3.63, 3.8) is 0 Å². The summed E-state index contributed by atoms with van der Waals surface area (Å²) >= 11 is 0. The van der Waals surface area contributed by atoms with Crippen LogP contribution in [0.1, 0.15) is 38.3 Å². The summed E-state index contributed by atoms with van der Waals surface area (Å²) in [5.74, 6) is 1.94. The fraction of sp³-hybridized carbons (Fsp3) is 0.529. The van der Waals surface area contributed by atoms with E-state index in [-0.39, 0.29) is 5.54 Å². The number of fused-ring (bicyclic) bond motifs is 1. The molecule has 2 atom stereocenters. The number of hydrogen-bond donors (Lipinski definition) is 1. The van der Waals surface area contributed by atoms with Gasteiger partial charge in [-0.25, -0.2) is 4.98 Å². The van der Waals surface area contributed by atoms with E-state index < -0.39 is 0 Å². The van der Waals surface area contributed by atoms with E-state index in [1.54, 1.807) is 14.2 Å². The molecule has 1 aromatic heterocycles. The Morgan fingerprint density at radius 1 is 1.18 bits per heavy atom. The molecule has 0 radical (unpaired) electrons. The minimum absolute atomic E-state index is 0.369. The third-order valence-corrected chi connectivity index (χ3v) is 4.59. The number of ether oxygens (including phenoxy) is 2. The van der Waals surface area contributed by atoms with Crippen molar-refractivity contribution < 1.29 is 9.47 Å². The van der Waals surface area contributed by atoms with Gasteiger partial charge in [0.05, 0.1) is 42.7 Å². The lowest BCUT2D eigenvalue weighted by molar-refractivity contribution is 0.234. The van der Waals surface area contributed by atoms with Crippen molar-refractivity contribution >= 4 is 11.0 Å². The van der Waals surface area contributed by atoms with Gasteiger partial charge in [0.25, 0.3) is 0 Å². The Hall–Kier alpha value is -1.88. The standard InChI is InChI=1S/C17H23N3O2/c1-11-5-4-6-17(18,9-11)16-10-19-12-7-14(21-2)15(22-3)8-13(12)20-16/h7-8,10-11H,4-6,9,18H2,1-3H3/t11-,17?/m1/s1. The molecule has 0 bridgehead atoms. The van der Waals surface area contributed by atoms with Crippen molar-refractivity contribution in [3.8, 4) is 11.5 Å². The third kappa shape index (κ3) is 2.61. The monoisotopic (exact) mass is 301 g/mol. The van der Waals surface area contributed by atoms with Crippen LogP contribution in [-0.2, 0) is 5.54 Å². The average Bonchev–Trinajstić information content (AvgIpc) is 2.52. The summed E-state index contributed by atoms with van der Waals surface area (Å²) in [4.78, 5) is 9.30. The predicted octanol–water partition coefficient (Wildman–Crippen LogP) is 3.01. The third-order valence-electron chi connectivity index (χ3n) is 4.59. The highest BCUT2D eigenvalue weighted by atomic mass is 16.5. The number of rotatable bonds is 3. The van der Waals surface area contributed by atoms with Crippen LogP contribution in [0.3, 0.4) is 0 Å². The Morgan fingerprint density at radius 3 is 2.50 bits per heavy atom. The molecule has 0 amide bonds. The van der Waals surface area contributed by atoms with E-state index in [1.807, 2.05) is 18.3 Å². The highest BCUT2D eigenvalue weighted by Crippen LogP contribution is 2.38. The van der Waals surface area contributed by atoms with Gasteiger partial charge < -0.3 is 15.2 Å². The summed E-state index contributed by atoms with van der Waals surface area (Å²) in [6.07, 6.45) is 6.12. The van der Waals surface area contributed by atoms with Gasteiger partial charge >= 0.3 is 0 Å². The van der Waals surface area contributed by atoms with Crippen LogP contribution in [0, 0.1) is 5.92 Å². The molecule has 1 fully saturated rings. The van der Waals surface area contributed by atoms with E-state index in [9.17, 15) is 0 Å². The highest BCUT2D eigenvalue weighted by Gasteiger charge is 2.34. The zero-order valence-electron chi connectivity index (χ0n) is 13.4. The van der Waals surface area contributed by atoms with E-state index in [0.29, 0.717) is 17.4 Å². The molecule has 3 rings (SSSR count). The maximum atomic E-state index is 6.63. The molecule has 2 N–H and O–H groups in total. The number of benzene rings is 1. The SMILES string of the molecule is COc1cc2ncc(C3(N)CCC[C@@H](C)C3)nc2cc1OC. The molecule has 1 aliphatic carbocycles. The predicted molar refractivity (Wildman–Crippen MR) is 86.1 cm³/mol. The van der Waals surface area contributed by atoms with Gasteiger partial charge in [0.15, 0.2) is 11.5 Å². The summed E-state index contributed by atoms with van der Waals surface area (Å²) in [6, 6.07) is 3.71. The largest absolute Gasteiger partial charge is 0.493 e. The summed E-state index contributed by atoms with van der Waals surface area (Å²) < 4.78 is 10.7. The number of hydrogen-bond acceptors (Lipinski definition) is 5. The van der Waals surface area contributed by atoms with Crippen molar-refractivity contribution in [2.45, 2.75) is 38.1 Å². The fourth-order valence-corrected chi connectivity index (χ4v) is 3.40. The van der Waals surface area contributed by atoms with Crippen molar-refractivity contribution in [2.24, 2.45) is 11.7 Å². The molecule has 0 aliphatic heterocycles. The molecule has 1 unspecified atom stereocenters. The van der Waals surface area contributed by atoms with Crippen molar-refractivity contribution in [1.82, 2.24) is 9.97 Å². The zero-order valence-corrected chi connectivity index (χ0v) is 13.4. The van der Waals surface area contributed by atoms with Gasteiger partial charge in [0.2, 0.25) is 0 Å². The molecule has 1 saturated carbocycles. The van der Waals surface area contributed by atoms with Crippen molar-refractivity contribution in [2.75, 3.05) is 14.2 Å². The maximum Gasteiger partial charge on any atom is 0.163 e. The van der Waals surface area contributed by atoms with Crippen LogP contribution >= 0.6 is 0 Å². The molecule has 5 heteroatoms. The Kier molecular flexibility index (Phi) is 3.91. The Bertz CT molecular complexity index is 689. The van der Waals surface area contributed by atoms with Crippen molar-refractivity contribution in [3.05, 3.63) is 24.0 Å². The Balaban J connectivity index is 2.05. The fourth-order valence-electron chi connectivity index (χ4n) is 3.40. The van der Waals surface area contributed by atoms with Gasteiger partial charge in [-0.2, -0.15) is 0 Å². The maximum absolute atomic E-state index is 6.63. The van der Waals surface area contributed by atoms with E-state index in [1.165, 1.54) is 6.42 Å². The highest BCUT2D eigenvalue weighted by molar-refractivity contribution is 5.79. The first-order chi connectivity index (χ1) is 10.6. The molecule has 2 aromatic rings. The van der Waals surface area contributed by atoms with Gasteiger partial charge in [-0.05, 0) is 18.8 Å². The van der Waals surface area contributed by atoms with E-state index in [2.05, 4.69) is 11.9 Å². The van der Waals surface area contributed by atoms with Crippen LogP contribution in [0.5, 0.6) is 11.5 Å². The molecule has 1 aliphatic rings. The first-order valence-corrected chi connectivity index (χ1v) is 7.74. The first kappa shape index (κ1) is 15.0. The van der Waals surface area contributed by atoms with E-state index in [0.717, 1.165) is 36.0 Å². The van der Waals surface area contributed by atoms with Crippen LogP contribution < -0.4 is 15.2 Å². The van der Waals surface area contributed by atoms with Gasteiger partial charge in [-0.3, -0.25) is 4.98 Å². The second-order valence-electron chi connectivity index (χ2n) is 6.31. The molecule has 5 nitrogen and oxygen atoms in total. The van der Waals surface area contributed by atoms with Gasteiger partial charge in [0, 0.05) is 12.1 Å². The Morgan fingerprint density at radius 2 is 1.86 bits per heavy atom. The molecule has 118 valence electrons. The van der Waals surface area contributed by atoms with Crippen LogP contribution in [0.2, 0.25) is 0 Å². The second kappa shape index (κ2) is 5.72. The number of nitrogens with two attached hydrogens (primary N) is 1. The Labute approximate surface area is 130 Å². The molecular weight excluding hydrogens is 278 g/mol. The normalized spacial score (nSPS) is 25.2. The quantitative estimate of drug-likeness (QED) is 0.943. The smallest absolute Gasteiger partial charge is 0.163 e. The summed E-state index contributed by atoms with van der Waals surface area (Å²) in [5.41, 5.74) is 8.71. The molecule has 0 spiro atoms. The van der Waals surface area contributed by atoms with Crippen LogP contribution in [-0.4, -0.2) is 24.2 Å². The summed E-state index contributed by atoms with van der Waals surface area (Å²) in [5, 5.41) is 0. The second-order valence-corrected chi connectivity index (χ2v) is 6.31. The zero-order chi connectivity index (χ0) is 15.7. The topological polar surface area (TPSA) is 70.3 Å². The van der Waals surface area contributed by atoms with Gasteiger partial charge in [-0.1, -0.05) is 19.8 Å². The van der Waals surface area contributed by atoms with E-state index in [4.69, 9.17) is 20.2 Å². The van der Waals surface area contributed by atoms with E-state index >= 15 is 0 Å². The van der Waals surface area contributed by atoms with Crippen LogP contribution in [0.4, 0.5) is 0 Å². The van der Waals surface area contributed by atoms with Crippen LogP contribution in [0.25, 0.3) is 11.0 Å². The molecule has 22 heavy (non-hydrogen) atoms. The van der Waals surface area contributed by atoms with Crippen LogP contribution in [0.15, 0.2) is 18.3 Å². The lowest BCUT2D eigenvalue weighted by atomic mass is 9.75. The first-order valence-electron chi connectivity index (χ1n) is 7.74. The lowest BCUT2D eigenvalue weighted by Crippen LogP contribution is -2.41. The summed E-state index contributed by atoms with van der Waals surface area (Å²) in [6.45, 7) is 2.25. The number of aromatic nitrogens is 2. The molecule has 1 aromatic carbocycles. The van der Waals surface area contributed by atoms with Gasteiger partial charge in [0.1, 0.15) is 0 Å². The molecule has 1 heterocycles. The molecular formula is C17H23N3O2. The minimum atomic E-state index is -0.369. The number of nitrogens with zero attached hydrogens (tertiary/aromatic N) is 2.